The summed E-state index contributed by atoms with van der Waals surface area (Å²) >= 11 is 12.3. The monoisotopic (exact) mass is 411 g/mol. The van der Waals surface area contributed by atoms with E-state index in [0.717, 1.165) is 0 Å². The molecule has 1 saturated carbocycles. The maximum atomic E-state index is 13.2. The van der Waals surface area contributed by atoms with Crippen LogP contribution in [0.25, 0.3) is 0 Å². The number of sulfone groups is 1. The van der Waals surface area contributed by atoms with Crippen molar-refractivity contribution in [3.63, 3.8) is 0 Å². The van der Waals surface area contributed by atoms with Gasteiger partial charge in [0.15, 0.2) is 15.6 Å². The van der Waals surface area contributed by atoms with Gasteiger partial charge in [-0.15, -0.1) is 0 Å². The highest BCUT2D eigenvalue weighted by Gasteiger charge is 2.59. The number of anilines is 1. The fraction of sp³-hybridized carbons (Fsp3) is 0.278. The molecular formula is C18H15Cl2NO4S. The van der Waals surface area contributed by atoms with E-state index in [0.29, 0.717) is 24.3 Å². The SMILES string of the molecule is COc1c(Cl)cc(C(=O)N2CC3(CC3)S(=O)(=O)c3ccccc32)cc1Cl. The van der Waals surface area contributed by atoms with Gasteiger partial charge in [0.2, 0.25) is 0 Å². The molecule has 1 fully saturated rings. The normalized spacial score (nSPS) is 19.1. The fourth-order valence-corrected chi connectivity index (χ4v) is 6.14. The number of carbonyl (C=O) groups is 1. The molecule has 0 bridgehead atoms. The minimum absolute atomic E-state index is 0.131. The van der Waals surface area contributed by atoms with Crippen molar-refractivity contribution in [1.82, 2.24) is 0 Å². The summed E-state index contributed by atoms with van der Waals surface area (Å²) in [4.78, 5) is 14.9. The maximum absolute atomic E-state index is 13.2. The van der Waals surface area contributed by atoms with E-state index >= 15 is 0 Å². The largest absolute Gasteiger partial charge is 0.494 e. The first-order valence-corrected chi connectivity index (χ1v) is 10.2. The van der Waals surface area contributed by atoms with Crippen LogP contribution in [0, 0.1) is 0 Å². The molecule has 2 aromatic rings. The van der Waals surface area contributed by atoms with E-state index in [2.05, 4.69) is 0 Å². The van der Waals surface area contributed by atoms with Crippen molar-refractivity contribution in [2.45, 2.75) is 22.5 Å². The van der Waals surface area contributed by atoms with Crippen molar-refractivity contribution in [2.75, 3.05) is 18.6 Å². The number of nitrogens with zero attached hydrogens (tertiary/aromatic N) is 1. The van der Waals surface area contributed by atoms with Gasteiger partial charge in [-0.25, -0.2) is 8.42 Å². The molecule has 26 heavy (non-hydrogen) atoms. The van der Waals surface area contributed by atoms with Crippen LogP contribution in [-0.2, 0) is 9.84 Å². The second-order valence-electron chi connectivity index (χ2n) is 6.52. The summed E-state index contributed by atoms with van der Waals surface area (Å²) in [6.07, 6.45) is 1.11. The van der Waals surface area contributed by atoms with E-state index in [9.17, 15) is 13.2 Å². The van der Waals surface area contributed by atoms with Crippen LogP contribution in [0.15, 0.2) is 41.3 Å². The lowest BCUT2D eigenvalue weighted by molar-refractivity contribution is 0.0985. The van der Waals surface area contributed by atoms with Gasteiger partial charge in [0.1, 0.15) is 0 Å². The average Bonchev–Trinajstić information content (AvgIpc) is 3.39. The molecular weight excluding hydrogens is 397 g/mol. The molecule has 2 aliphatic rings. The van der Waals surface area contributed by atoms with Gasteiger partial charge in [-0.2, -0.15) is 0 Å². The Bertz CT molecular complexity index is 1010. The van der Waals surface area contributed by atoms with Gasteiger partial charge in [0.25, 0.3) is 5.91 Å². The fourth-order valence-electron chi connectivity index (χ4n) is 3.38. The topological polar surface area (TPSA) is 63.7 Å². The Balaban J connectivity index is 1.82. The second-order valence-corrected chi connectivity index (χ2v) is 9.65. The second kappa shape index (κ2) is 5.87. The molecule has 2 aromatic carbocycles. The molecule has 0 atom stereocenters. The van der Waals surface area contributed by atoms with Crippen molar-refractivity contribution in [2.24, 2.45) is 0 Å². The van der Waals surface area contributed by atoms with Crippen molar-refractivity contribution in [1.29, 1.82) is 0 Å². The predicted octanol–water partition coefficient (Wildman–Crippen LogP) is 3.97. The molecule has 5 nitrogen and oxygen atoms in total. The first kappa shape index (κ1) is 17.6. The molecule has 1 spiro atoms. The number of carbonyl (C=O) groups excluding carboxylic acids is 1. The lowest BCUT2D eigenvalue weighted by Crippen LogP contribution is -2.47. The van der Waals surface area contributed by atoms with E-state index in [4.69, 9.17) is 27.9 Å². The number of hydrogen-bond acceptors (Lipinski definition) is 4. The van der Waals surface area contributed by atoms with Crippen LogP contribution < -0.4 is 9.64 Å². The highest BCUT2D eigenvalue weighted by atomic mass is 35.5. The molecule has 0 radical (unpaired) electrons. The molecule has 0 N–H and O–H groups in total. The summed E-state index contributed by atoms with van der Waals surface area (Å²) in [7, 11) is -2.01. The lowest BCUT2D eigenvalue weighted by atomic mass is 10.1. The quantitative estimate of drug-likeness (QED) is 0.749. The number of methoxy groups -OCH3 is 1. The van der Waals surface area contributed by atoms with Crippen LogP contribution in [-0.4, -0.2) is 32.7 Å². The molecule has 8 heteroatoms. The number of para-hydroxylation sites is 1. The number of halogens is 2. The van der Waals surface area contributed by atoms with E-state index < -0.39 is 14.6 Å². The van der Waals surface area contributed by atoms with E-state index in [1.807, 2.05) is 0 Å². The van der Waals surface area contributed by atoms with Crippen LogP contribution in [0.1, 0.15) is 23.2 Å². The van der Waals surface area contributed by atoms with Crippen LogP contribution in [0.5, 0.6) is 5.75 Å². The molecule has 4 rings (SSSR count). The Hall–Kier alpha value is -1.76. The summed E-state index contributed by atoms with van der Waals surface area (Å²) in [6.45, 7) is 0.131. The number of rotatable bonds is 2. The summed E-state index contributed by atoms with van der Waals surface area (Å²) in [5, 5.41) is 0.449. The molecule has 1 aliphatic carbocycles. The van der Waals surface area contributed by atoms with Crippen molar-refractivity contribution in [3.05, 3.63) is 52.0 Å². The number of ether oxygens (including phenoxy) is 1. The summed E-state index contributed by atoms with van der Waals surface area (Å²) in [5.41, 5.74) is 0.670. The Morgan fingerprint density at radius 1 is 1.15 bits per heavy atom. The first-order valence-electron chi connectivity index (χ1n) is 7.99. The van der Waals surface area contributed by atoms with Gasteiger partial charge >= 0.3 is 0 Å². The molecule has 1 aliphatic heterocycles. The minimum atomic E-state index is -3.45. The number of benzene rings is 2. The van der Waals surface area contributed by atoms with Crippen LogP contribution in [0.4, 0.5) is 5.69 Å². The van der Waals surface area contributed by atoms with Crippen LogP contribution in [0.3, 0.4) is 0 Å². The zero-order valence-corrected chi connectivity index (χ0v) is 16.2. The Kier molecular flexibility index (Phi) is 3.99. The number of hydrogen-bond donors (Lipinski definition) is 0. The van der Waals surface area contributed by atoms with Crippen LogP contribution in [0.2, 0.25) is 10.0 Å². The Labute approximate surface area is 161 Å². The predicted molar refractivity (Wildman–Crippen MR) is 100 cm³/mol. The van der Waals surface area contributed by atoms with E-state index in [1.54, 1.807) is 24.3 Å². The number of fused-ring (bicyclic) bond motifs is 1. The van der Waals surface area contributed by atoms with Gasteiger partial charge in [0, 0.05) is 12.1 Å². The number of amides is 1. The third-order valence-electron chi connectivity index (χ3n) is 4.96. The molecule has 1 amide bonds. The standard InChI is InChI=1S/C18H15Cl2NO4S/c1-25-16-12(19)8-11(9-13(16)20)17(22)21-10-18(6-7-18)26(23,24)15-5-3-2-4-14(15)21/h2-5,8-9H,6-7,10H2,1H3. The zero-order valence-electron chi connectivity index (χ0n) is 13.8. The van der Waals surface area contributed by atoms with Crippen molar-refractivity contribution in [3.8, 4) is 5.75 Å². The van der Waals surface area contributed by atoms with E-state index in [-0.39, 0.29) is 33.0 Å². The Morgan fingerprint density at radius 3 is 2.35 bits per heavy atom. The summed E-state index contributed by atoms with van der Waals surface area (Å²) in [5.74, 6) is -0.0461. The first-order chi connectivity index (χ1) is 12.3. The van der Waals surface area contributed by atoms with Gasteiger partial charge < -0.3 is 9.64 Å². The van der Waals surface area contributed by atoms with Gasteiger partial charge in [-0.05, 0) is 37.1 Å². The third kappa shape index (κ3) is 2.43. The average molecular weight is 412 g/mol. The maximum Gasteiger partial charge on any atom is 0.258 e. The molecule has 136 valence electrons. The Morgan fingerprint density at radius 2 is 1.77 bits per heavy atom. The molecule has 0 unspecified atom stereocenters. The smallest absolute Gasteiger partial charge is 0.258 e. The van der Waals surface area contributed by atoms with Gasteiger partial charge in [-0.3, -0.25) is 4.79 Å². The molecule has 0 aromatic heterocycles. The van der Waals surface area contributed by atoms with Gasteiger partial charge in [-0.1, -0.05) is 35.3 Å². The minimum Gasteiger partial charge on any atom is -0.494 e. The van der Waals surface area contributed by atoms with Crippen molar-refractivity contribution < 1.29 is 17.9 Å². The molecule has 0 saturated heterocycles. The van der Waals surface area contributed by atoms with Crippen LogP contribution >= 0.6 is 23.2 Å². The summed E-state index contributed by atoms with van der Waals surface area (Å²) < 4.78 is 30.0. The van der Waals surface area contributed by atoms with Crippen molar-refractivity contribution >= 4 is 44.6 Å². The third-order valence-corrected chi connectivity index (χ3v) is 8.13. The molecule has 1 heterocycles. The van der Waals surface area contributed by atoms with Gasteiger partial charge in [0.05, 0.1) is 32.5 Å². The summed E-state index contributed by atoms with van der Waals surface area (Å²) in [6, 6.07) is 9.56. The van der Waals surface area contributed by atoms with E-state index in [1.165, 1.54) is 24.1 Å². The zero-order chi connectivity index (χ0) is 18.7. The highest BCUT2D eigenvalue weighted by Crippen LogP contribution is 2.53. The lowest BCUT2D eigenvalue weighted by Gasteiger charge is -2.34. The highest BCUT2D eigenvalue weighted by molar-refractivity contribution is 7.93.